The van der Waals surface area contributed by atoms with Gasteiger partial charge in [-0.2, -0.15) is 0 Å². The lowest BCUT2D eigenvalue weighted by atomic mass is 10.0. The molecule has 0 amide bonds. The van der Waals surface area contributed by atoms with Crippen molar-refractivity contribution in [1.82, 2.24) is 5.32 Å². The van der Waals surface area contributed by atoms with Crippen LogP contribution in [0.2, 0.25) is 0 Å². The minimum absolute atomic E-state index is 0.458. The average Bonchev–Trinajstić information content (AvgIpc) is 2.47. The SMILES string of the molecule is CNC(C)Cc1ccccc1C#Cc1ccccc1. The van der Waals surface area contributed by atoms with E-state index < -0.39 is 0 Å². The van der Waals surface area contributed by atoms with Crippen LogP contribution in [0.3, 0.4) is 0 Å². The van der Waals surface area contributed by atoms with Gasteiger partial charge in [0.1, 0.15) is 0 Å². The van der Waals surface area contributed by atoms with Gasteiger partial charge in [-0.05, 0) is 44.2 Å². The Bertz CT molecular complexity index is 575. The van der Waals surface area contributed by atoms with Gasteiger partial charge >= 0.3 is 0 Å². The van der Waals surface area contributed by atoms with Crippen LogP contribution in [0.5, 0.6) is 0 Å². The summed E-state index contributed by atoms with van der Waals surface area (Å²) in [5.74, 6) is 6.50. The number of benzene rings is 2. The molecule has 0 spiro atoms. The van der Waals surface area contributed by atoms with E-state index in [0.29, 0.717) is 6.04 Å². The largest absolute Gasteiger partial charge is 0.317 e. The molecule has 96 valence electrons. The van der Waals surface area contributed by atoms with E-state index in [-0.39, 0.29) is 0 Å². The first-order valence-corrected chi connectivity index (χ1v) is 6.62. The van der Waals surface area contributed by atoms with Crippen molar-refractivity contribution < 1.29 is 0 Å². The van der Waals surface area contributed by atoms with Gasteiger partial charge in [0.15, 0.2) is 0 Å². The van der Waals surface area contributed by atoms with Crippen molar-refractivity contribution in [3.8, 4) is 11.8 Å². The zero-order valence-corrected chi connectivity index (χ0v) is 11.5. The summed E-state index contributed by atoms with van der Waals surface area (Å²) in [6.45, 7) is 2.18. The summed E-state index contributed by atoms with van der Waals surface area (Å²) >= 11 is 0. The summed E-state index contributed by atoms with van der Waals surface area (Å²) in [6, 6.07) is 18.9. The van der Waals surface area contributed by atoms with E-state index in [1.54, 1.807) is 0 Å². The fourth-order valence-corrected chi connectivity index (χ4v) is 1.91. The van der Waals surface area contributed by atoms with Crippen molar-refractivity contribution in [3.05, 3.63) is 71.3 Å². The highest BCUT2D eigenvalue weighted by Gasteiger charge is 2.03. The molecule has 1 atom stereocenters. The Hall–Kier alpha value is -2.04. The predicted octanol–water partition coefficient (Wildman–Crippen LogP) is 3.24. The molecule has 2 rings (SSSR count). The Morgan fingerprint density at radius 2 is 1.63 bits per heavy atom. The highest BCUT2D eigenvalue weighted by molar-refractivity contribution is 5.46. The summed E-state index contributed by atoms with van der Waals surface area (Å²) in [5, 5.41) is 3.27. The first kappa shape index (κ1) is 13.4. The number of hydrogen-bond acceptors (Lipinski definition) is 1. The van der Waals surface area contributed by atoms with E-state index in [4.69, 9.17) is 0 Å². The zero-order chi connectivity index (χ0) is 13.5. The van der Waals surface area contributed by atoms with Crippen molar-refractivity contribution in [2.75, 3.05) is 7.05 Å². The molecule has 19 heavy (non-hydrogen) atoms. The third-order valence-electron chi connectivity index (χ3n) is 3.15. The highest BCUT2D eigenvalue weighted by Crippen LogP contribution is 2.10. The summed E-state index contributed by atoms with van der Waals surface area (Å²) in [6.07, 6.45) is 0.996. The van der Waals surface area contributed by atoms with Crippen molar-refractivity contribution >= 4 is 0 Å². The van der Waals surface area contributed by atoms with Crippen LogP contribution in [0, 0.1) is 11.8 Å². The number of likely N-dealkylation sites (N-methyl/N-ethyl adjacent to an activating group) is 1. The first-order chi connectivity index (χ1) is 9.29. The molecule has 1 heteroatoms. The molecule has 0 fully saturated rings. The number of hydrogen-bond donors (Lipinski definition) is 1. The molecule has 0 heterocycles. The van der Waals surface area contributed by atoms with Gasteiger partial charge in [0.05, 0.1) is 0 Å². The van der Waals surface area contributed by atoms with Crippen molar-refractivity contribution in [2.45, 2.75) is 19.4 Å². The standard InChI is InChI=1S/C18H19N/c1-15(19-2)14-18-11-7-6-10-17(18)13-12-16-8-4-3-5-9-16/h3-11,15,19H,14H2,1-2H3. The van der Waals surface area contributed by atoms with Gasteiger partial charge < -0.3 is 5.32 Å². The zero-order valence-electron chi connectivity index (χ0n) is 11.5. The smallest absolute Gasteiger partial charge is 0.0281 e. The van der Waals surface area contributed by atoms with E-state index in [0.717, 1.165) is 17.5 Å². The second kappa shape index (κ2) is 6.78. The summed E-state index contributed by atoms with van der Waals surface area (Å²) < 4.78 is 0. The van der Waals surface area contributed by atoms with E-state index >= 15 is 0 Å². The number of nitrogens with one attached hydrogen (secondary N) is 1. The van der Waals surface area contributed by atoms with Crippen LogP contribution in [-0.4, -0.2) is 13.1 Å². The normalized spacial score (nSPS) is 11.5. The van der Waals surface area contributed by atoms with Crippen LogP contribution >= 0.6 is 0 Å². The van der Waals surface area contributed by atoms with Gasteiger partial charge in [-0.1, -0.05) is 48.2 Å². The quantitative estimate of drug-likeness (QED) is 0.823. The Morgan fingerprint density at radius 1 is 0.947 bits per heavy atom. The predicted molar refractivity (Wildman–Crippen MR) is 81.1 cm³/mol. The molecule has 1 N–H and O–H groups in total. The van der Waals surface area contributed by atoms with Crippen LogP contribution in [-0.2, 0) is 6.42 Å². The molecule has 0 radical (unpaired) electrons. The van der Waals surface area contributed by atoms with Crippen LogP contribution in [0.4, 0.5) is 0 Å². The Balaban J connectivity index is 2.23. The molecule has 0 saturated heterocycles. The summed E-state index contributed by atoms with van der Waals surface area (Å²) in [7, 11) is 1.99. The van der Waals surface area contributed by atoms with E-state index in [2.05, 4.69) is 42.3 Å². The third-order valence-corrected chi connectivity index (χ3v) is 3.15. The lowest BCUT2D eigenvalue weighted by Gasteiger charge is -2.11. The fraction of sp³-hybridized carbons (Fsp3) is 0.222. The van der Waals surface area contributed by atoms with Crippen molar-refractivity contribution in [3.63, 3.8) is 0 Å². The Labute approximate surface area is 115 Å². The maximum Gasteiger partial charge on any atom is 0.0281 e. The van der Waals surface area contributed by atoms with Crippen LogP contribution in [0.1, 0.15) is 23.6 Å². The monoisotopic (exact) mass is 249 g/mol. The van der Waals surface area contributed by atoms with E-state index in [1.807, 2.05) is 43.4 Å². The van der Waals surface area contributed by atoms with Gasteiger partial charge in [-0.15, -0.1) is 0 Å². The van der Waals surface area contributed by atoms with Gasteiger partial charge in [-0.25, -0.2) is 0 Å². The molecule has 1 unspecified atom stereocenters. The van der Waals surface area contributed by atoms with Crippen LogP contribution in [0.15, 0.2) is 54.6 Å². The maximum atomic E-state index is 3.28. The van der Waals surface area contributed by atoms with E-state index in [9.17, 15) is 0 Å². The van der Waals surface area contributed by atoms with Crippen molar-refractivity contribution in [1.29, 1.82) is 0 Å². The third kappa shape index (κ3) is 3.98. The second-order valence-electron chi connectivity index (χ2n) is 4.67. The molecule has 0 aliphatic rings. The minimum atomic E-state index is 0.458. The lowest BCUT2D eigenvalue weighted by molar-refractivity contribution is 0.608. The first-order valence-electron chi connectivity index (χ1n) is 6.62. The lowest BCUT2D eigenvalue weighted by Crippen LogP contribution is -2.23. The Morgan fingerprint density at radius 3 is 2.37 bits per heavy atom. The van der Waals surface area contributed by atoms with Gasteiger partial charge in [0.2, 0.25) is 0 Å². The molecule has 1 nitrogen and oxygen atoms in total. The average molecular weight is 249 g/mol. The second-order valence-corrected chi connectivity index (χ2v) is 4.67. The highest BCUT2D eigenvalue weighted by atomic mass is 14.8. The molecule has 2 aromatic rings. The molecule has 0 aromatic heterocycles. The fourth-order valence-electron chi connectivity index (χ4n) is 1.91. The summed E-state index contributed by atoms with van der Waals surface area (Å²) in [5.41, 5.74) is 3.47. The molecule has 0 aliphatic carbocycles. The number of rotatable bonds is 3. The summed E-state index contributed by atoms with van der Waals surface area (Å²) in [4.78, 5) is 0. The Kier molecular flexibility index (Phi) is 4.78. The topological polar surface area (TPSA) is 12.0 Å². The maximum absolute atomic E-state index is 3.28. The molecular weight excluding hydrogens is 230 g/mol. The molecule has 2 aromatic carbocycles. The van der Waals surface area contributed by atoms with Crippen LogP contribution < -0.4 is 5.32 Å². The molecule has 0 saturated carbocycles. The van der Waals surface area contributed by atoms with Crippen molar-refractivity contribution in [2.24, 2.45) is 0 Å². The van der Waals surface area contributed by atoms with E-state index in [1.165, 1.54) is 5.56 Å². The van der Waals surface area contributed by atoms with Gasteiger partial charge in [0.25, 0.3) is 0 Å². The van der Waals surface area contributed by atoms with Gasteiger partial charge in [0, 0.05) is 17.2 Å². The molecule has 0 bridgehead atoms. The van der Waals surface area contributed by atoms with Gasteiger partial charge in [-0.3, -0.25) is 0 Å². The minimum Gasteiger partial charge on any atom is -0.317 e. The molecule has 0 aliphatic heterocycles. The molecular formula is C18H19N. The van der Waals surface area contributed by atoms with Crippen LogP contribution in [0.25, 0.3) is 0 Å².